The van der Waals surface area contributed by atoms with Gasteiger partial charge in [-0.1, -0.05) is 6.07 Å². The predicted molar refractivity (Wildman–Crippen MR) is 145 cm³/mol. The van der Waals surface area contributed by atoms with Gasteiger partial charge >= 0.3 is 0 Å². The summed E-state index contributed by atoms with van der Waals surface area (Å²) in [7, 11) is 4.69. The Morgan fingerprint density at radius 3 is 2.51 bits per heavy atom. The molecule has 1 aromatic carbocycles. The SMILES string of the molecule is COc1c(Nc2cc(Nc3ccc(C(C)(C)OC)c(C#N)n3)nc3nc(C(F)F)[nH]c23)cccc1-c1nnn(C)n1. The minimum Gasteiger partial charge on any atom is -0.494 e. The first-order valence-corrected chi connectivity index (χ1v) is 12.2. The van der Waals surface area contributed by atoms with Crippen LogP contribution in [0.25, 0.3) is 22.6 Å². The third kappa shape index (κ3) is 5.32. The highest BCUT2D eigenvalue weighted by atomic mass is 19.3. The van der Waals surface area contributed by atoms with Gasteiger partial charge in [0.15, 0.2) is 17.2 Å². The Kier molecular flexibility index (Phi) is 7.16. The van der Waals surface area contributed by atoms with E-state index in [0.717, 1.165) is 0 Å². The molecule has 15 heteroatoms. The van der Waals surface area contributed by atoms with E-state index in [0.29, 0.717) is 39.9 Å². The number of methoxy groups -OCH3 is 2. The lowest BCUT2D eigenvalue weighted by molar-refractivity contribution is 0.0187. The lowest BCUT2D eigenvalue weighted by Gasteiger charge is -2.24. The van der Waals surface area contributed by atoms with Crippen LogP contribution in [-0.2, 0) is 17.4 Å². The van der Waals surface area contributed by atoms with Crippen molar-refractivity contribution in [2.45, 2.75) is 25.9 Å². The van der Waals surface area contributed by atoms with Gasteiger partial charge in [0.1, 0.15) is 28.9 Å². The molecule has 0 aliphatic rings. The number of nitrogens with one attached hydrogen (secondary N) is 3. The minimum atomic E-state index is -2.84. The number of aromatic nitrogens is 8. The zero-order valence-corrected chi connectivity index (χ0v) is 22.7. The summed E-state index contributed by atoms with van der Waals surface area (Å²) >= 11 is 0. The lowest BCUT2D eigenvalue weighted by Crippen LogP contribution is -2.21. The Morgan fingerprint density at radius 1 is 1.05 bits per heavy atom. The van der Waals surface area contributed by atoms with Crippen molar-refractivity contribution in [2.24, 2.45) is 7.05 Å². The van der Waals surface area contributed by atoms with E-state index in [2.05, 4.69) is 52.0 Å². The molecule has 3 N–H and O–H groups in total. The molecule has 0 unspecified atom stereocenters. The van der Waals surface area contributed by atoms with Gasteiger partial charge in [-0.05, 0) is 43.3 Å². The van der Waals surface area contributed by atoms with Crippen LogP contribution in [0.1, 0.15) is 37.4 Å². The van der Waals surface area contributed by atoms with Crippen LogP contribution in [0, 0.1) is 11.3 Å². The van der Waals surface area contributed by atoms with E-state index in [-0.39, 0.29) is 22.7 Å². The number of benzene rings is 1. The van der Waals surface area contributed by atoms with E-state index < -0.39 is 17.9 Å². The van der Waals surface area contributed by atoms with Gasteiger partial charge in [-0.25, -0.2) is 23.7 Å². The van der Waals surface area contributed by atoms with Crippen molar-refractivity contribution < 1.29 is 18.3 Å². The summed E-state index contributed by atoms with van der Waals surface area (Å²) in [6, 6.07) is 12.4. The third-order valence-electron chi connectivity index (χ3n) is 6.34. The fourth-order valence-corrected chi connectivity index (χ4v) is 4.18. The highest BCUT2D eigenvalue weighted by Gasteiger charge is 2.25. The molecule has 5 rings (SSSR count). The van der Waals surface area contributed by atoms with Crippen molar-refractivity contribution in [3.05, 3.63) is 53.5 Å². The second kappa shape index (κ2) is 10.7. The summed E-state index contributed by atoms with van der Waals surface area (Å²) in [6.45, 7) is 3.65. The number of nitriles is 1. The summed E-state index contributed by atoms with van der Waals surface area (Å²) in [6.07, 6.45) is -2.84. The number of halogens is 2. The van der Waals surface area contributed by atoms with Crippen LogP contribution < -0.4 is 15.4 Å². The molecular weight excluding hydrogens is 536 g/mol. The largest absolute Gasteiger partial charge is 0.494 e. The number of rotatable bonds is 9. The lowest BCUT2D eigenvalue weighted by atomic mass is 9.96. The van der Waals surface area contributed by atoms with Crippen LogP contribution in [0.2, 0.25) is 0 Å². The zero-order valence-electron chi connectivity index (χ0n) is 22.7. The van der Waals surface area contributed by atoms with Crippen molar-refractivity contribution >= 4 is 34.2 Å². The van der Waals surface area contributed by atoms with Gasteiger partial charge in [0.25, 0.3) is 6.43 Å². The van der Waals surface area contributed by atoms with Crippen LogP contribution in [0.15, 0.2) is 36.4 Å². The Balaban J connectivity index is 1.57. The van der Waals surface area contributed by atoms with Gasteiger partial charge in [-0.15, -0.1) is 10.2 Å². The Labute approximate surface area is 232 Å². The smallest absolute Gasteiger partial charge is 0.295 e. The maximum absolute atomic E-state index is 13.6. The van der Waals surface area contributed by atoms with Crippen LogP contribution in [0.3, 0.4) is 0 Å². The van der Waals surface area contributed by atoms with Crippen molar-refractivity contribution in [3.63, 3.8) is 0 Å². The number of anilines is 4. The fourth-order valence-electron chi connectivity index (χ4n) is 4.18. The highest BCUT2D eigenvalue weighted by Crippen LogP contribution is 2.38. The zero-order chi connectivity index (χ0) is 29.3. The van der Waals surface area contributed by atoms with E-state index in [1.165, 1.54) is 11.9 Å². The number of H-pyrrole nitrogens is 1. The van der Waals surface area contributed by atoms with Gasteiger partial charge in [-0.2, -0.15) is 10.1 Å². The molecule has 0 aliphatic heterocycles. The number of alkyl halides is 2. The van der Waals surface area contributed by atoms with Gasteiger partial charge in [-0.3, -0.25) is 0 Å². The van der Waals surface area contributed by atoms with Crippen LogP contribution >= 0.6 is 0 Å². The molecule has 0 bridgehead atoms. The second-order valence-corrected chi connectivity index (χ2v) is 9.33. The Morgan fingerprint density at radius 2 is 1.85 bits per heavy atom. The number of tetrazole rings is 1. The number of para-hydroxylation sites is 1. The third-order valence-corrected chi connectivity index (χ3v) is 6.34. The molecule has 210 valence electrons. The Hall–Kier alpha value is -5.23. The maximum Gasteiger partial charge on any atom is 0.295 e. The average Bonchev–Trinajstić information content (AvgIpc) is 3.59. The number of pyridine rings is 2. The summed E-state index contributed by atoms with van der Waals surface area (Å²) in [5.41, 5.74) is 1.77. The van der Waals surface area contributed by atoms with Crippen molar-refractivity contribution in [3.8, 4) is 23.2 Å². The number of aromatic amines is 1. The number of hydrogen-bond donors (Lipinski definition) is 3. The molecule has 0 spiro atoms. The molecule has 0 saturated carbocycles. The molecular formula is C26H25F2N11O2. The van der Waals surface area contributed by atoms with E-state index in [1.54, 1.807) is 50.6 Å². The molecule has 0 atom stereocenters. The van der Waals surface area contributed by atoms with Crippen LogP contribution in [0.5, 0.6) is 5.75 Å². The van der Waals surface area contributed by atoms with Crippen molar-refractivity contribution in [1.29, 1.82) is 5.26 Å². The number of aryl methyl sites for hydroxylation is 1. The van der Waals surface area contributed by atoms with E-state index >= 15 is 0 Å². The first kappa shape index (κ1) is 27.3. The topological polar surface area (TPSA) is 164 Å². The molecule has 5 aromatic rings. The molecule has 0 amide bonds. The van der Waals surface area contributed by atoms with E-state index in [4.69, 9.17) is 9.47 Å². The van der Waals surface area contributed by atoms with Gasteiger partial charge in [0.2, 0.25) is 5.82 Å². The number of nitrogens with zero attached hydrogens (tertiary/aromatic N) is 8. The summed E-state index contributed by atoms with van der Waals surface area (Å²) in [4.78, 5) is 16.7. The highest BCUT2D eigenvalue weighted by molar-refractivity contribution is 5.92. The standard InChI is InChI=1S/C26H25F2N11O2/c1-26(2,41-5)14-9-10-18(31-17(14)12-29)32-19-11-16(20-24(33-19)35-25(34-20)22(27)28)30-15-8-6-7-13(21(15)40-4)23-36-38-39(3)37-23/h6-11,22H,1-5H3,(H3,30,31,32,33,34,35). The molecule has 0 fully saturated rings. The summed E-state index contributed by atoms with van der Waals surface area (Å²) in [5.74, 6) is 0.774. The maximum atomic E-state index is 13.6. The van der Waals surface area contributed by atoms with Crippen molar-refractivity contribution in [1.82, 2.24) is 40.1 Å². The molecule has 4 heterocycles. The molecule has 0 aliphatic carbocycles. The summed E-state index contributed by atoms with van der Waals surface area (Å²) in [5, 5.41) is 28.1. The van der Waals surface area contributed by atoms with Gasteiger partial charge in [0, 0.05) is 18.7 Å². The fraction of sp³-hybridized carbons (Fsp3) is 0.269. The van der Waals surface area contributed by atoms with Crippen LogP contribution in [0.4, 0.5) is 31.8 Å². The van der Waals surface area contributed by atoms with Gasteiger partial charge < -0.3 is 25.1 Å². The minimum absolute atomic E-state index is 0.0381. The second-order valence-electron chi connectivity index (χ2n) is 9.33. The molecule has 4 aromatic heterocycles. The monoisotopic (exact) mass is 561 g/mol. The molecule has 41 heavy (non-hydrogen) atoms. The van der Waals surface area contributed by atoms with Crippen molar-refractivity contribution in [2.75, 3.05) is 24.9 Å². The first-order chi connectivity index (χ1) is 19.6. The predicted octanol–water partition coefficient (Wildman–Crippen LogP) is 4.73. The number of hydrogen-bond acceptors (Lipinski definition) is 11. The molecule has 0 saturated heterocycles. The number of imidazole rings is 1. The molecule has 13 nitrogen and oxygen atoms in total. The van der Waals surface area contributed by atoms with E-state index in [1.807, 2.05) is 13.8 Å². The van der Waals surface area contributed by atoms with Crippen LogP contribution in [-0.4, -0.2) is 54.4 Å². The van der Waals surface area contributed by atoms with Gasteiger partial charge in [0.05, 0.1) is 36.7 Å². The quantitative estimate of drug-likeness (QED) is 0.228. The number of fused-ring (bicyclic) bond motifs is 1. The summed E-state index contributed by atoms with van der Waals surface area (Å²) < 4.78 is 38.3. The molecule has 0 radical (unpaired) electrons. The number of ether oxygens (including phenoxy) is 2. The first-order valence-electron chi connectivity index (χ1n) is 12.2. The Bertz CT molecular complexity index is 1780. The average molecular weight is 562 g/mol. The van der Waals surface area contributed by atoms with E-state index in [9.17, 15) is 14.0 Å². The normalized spacial score (nSPS) is 11.6.